The predicted octanol–water partition coefficient (Wildman–Crippen LogP) is 4.05. The van der Waals surface area contributed by atoms with Crippen LogP contribution >= 0.6 is 11.6 Å². The molecule has 3 rings (SSSR count). The molecule has 0 saturated heterocycles. The van der Waals surface area contributed by atoms with Gasteiger partial charge in [0.1, 0.15) is 16.9 Å². The molecule has 1 atom stereocenters. The smallest absolute Gasteiger partial charge is 0.329 e. The highest BCUT2D eigenvalue weighted by Crippen LogP contribution is 2.39. The number of Topliss-reactive ketones (excluding diaryl/α,β-unsaturated/α-hetero) is 1. The molecule has 1 aliphatic rings. The SMILES string of the molecule is Cc1c(OC(=O)C(C)Cl)ccc2c1O/C(=C\c1cccc([N+](=O)[O-])c1)C2=O. The zero-order chi connectivity index (χ0) is 19.7. The molecule has 27 heavy (non-hydrogen) atoms. The van der Waals surface area contributed by atoms with Crippen molar-refractivity contribution in [3.8, 4) is 11.5 Å². The number of non-ortho nitro benzene ring substituents is 1. The van der Waals surface area contributed by atoms with Gasteiger partial charge in [0.15, 0.2) is 5.76 Å². The molecule has 1 heterocycles. The zero-order valence-corrected chi connectivity index (χ0v) is 15.1. The monoisotopic (exact) mass is 387 g/mol. The van der Waals surface area contributed by atoms with Crippen LogP contribution in [-0.4, -0.2) is 22.1 Å². The summed E-state index contributed by atoms with van der Waals surface area (Å²) in [5.41, 5.74) is 1.17. The lowest BCUT2D eigenvalue weighted by Gasteiger charge is -2.10. The number of halogens is 1. The number of carbonyl (C=O) groups excluding carboxylic acids is 2. The first kappa shape index (κ1) is 18.6. The number of hydrogen-bond acceptors (Lipinski definition) is 6. The van der Waals surface area contributed by atoms with Crippen LogP contribution in [0.25, 0.3) is 6.08 Å². The van der Waals surface area contributed by atoms with Gasteiger partial charge in [0.25, 0.3) is 5.69 Å². The number of allylic oxidation sites excluding steroid dienone is 1. The van der Waals surface area contributed by atoms with Crippen LogP contribution in [0.15, 0.2) is 42.2 Å². The van der Waals surface area contributed by atoms with E-state index in [2.05, 4.69) is 0 Å². The first-order valence-corrected chi connectivity index (χ1v) is 8.39. The van der Waals surface area contributed by atoms with E-state index < -0.39 is 16.3 Å². The number of nitro groups is 1. The molecule has 8 heteroatoms. The minimum absolute atomic E-state index is 0.0304. The Kier molecular flexibility index (Phi) is 4.96. The summed E-state index contributed by atoms with van der Waals surface area (Å²) in [6, 6.07) is 8.85. The number of alkyl halides is 1. The fourth-order valence-corrected chi connectivity index (χ4v) is 2.59. The van der Waals surface area contributed by atoms with Crippen LogP contribution < -0.4 is 9.47 Å². The number of nitrogens with zero attached hydrogens (tertiary/aromatic N) is 1. The molecule has 138 valence electrons. The molecule has 0 aromatic heterocycles. The Morgan fingerprint density at radius 1 is 1.33 bits per heavy atom. The number of esters is 1. The van der Waals surface area contributed by atoms with Gasteiger partial charge in [0.2, 0.25) is 5.78 Å². The highest BCUT2D eigenvalue weighted by Gasteiger charge is 2.30. The minimum atomic E-state index is -0.815. The molecule has 0 bridgehead atoms. The summed E-state index contributed by atoms with van der Waals surface area (Å²) in [5, 5.41) is 10.1. The number of nitro benzene ring substituents is 1. The lowest BCUT2D eigenvalue weighted by molar-refractivity contribution is -0.384. The van der Waals surface area contributed by atoms with Gasteiger partial charge in [-0.3, -0.25) is 19.7 Å². The lowest BCUT2D eigenvalue weighted by atomic mass is 10.1. The van der Waals surface area contributed by atoms with E-state index in [0.717, 1.165) is 0 Å². The van der Waals surface area contributed by atoms with E-state index >= 15 is 0 Å². The summed E-state index contributed by atoms with van der Waals surface area (Å²) in [4.78, 5) is 34.6. The number of rotatable bonds is 4. The summed E-state index contributed by atoms with van der Waals surface area (Å²) < 4.78 is 10.9. The summed E-state index contributed by atoms with van der Waals surface area (Å²) in [6.07, 6.45) is 1.43. The van der Waals surface area contributed by atoms with Crippen LogP contribution in [0.1, 0.15) is 28.4 Å². The Hall–Kier alpha value is -3.19. The van der Waals surface area contributed by atoms with Crippen molar-refractivity contribution in [1.29, 1.82) is 0 Å². The molecule has 0 saturated carbocycles. The second kappa shape index (κ2) is 7.20. The van der Waals surface area contributed by atoms with Crippen LogP contribution in [0.3, 0.4) is 0 Å². The molecule has 2 aromatic rings. The lowest BCUT2D eigenvalue weighted by Crippen LogP contribution is -2.18. The second-order valence-corrected chi connectivity index (χ2v) is 6.55. The molecule has 0 fully saturated rings. The molecule has 2 aromatic carbocycles. The van der Waals surface area contributed by atoms with Crippen LogP contribution in [0.4, 0.5) is 5.69 Å². The predicted molar refractivity (Wildman–Crippen MR) is 98.2 cm³/mol. The molecule has 0 aliphatic carbocycles. The molecule has 1 aliphatic heterocycles. The van der Waals surface area contributed by atoms with Crippen molar-refractivity contribution in [3.05, 3.63) is 69.0 Å². The number of fused-ring (bicyclic) bond motifs is 1. The normalized spacial score (nSPS) is 15.2. The Balaban J connectivity index is 1.93. The van der Waals surface area contributed by atoms with Gasteiger partial charge in [-0.15, -0.1) is 11.6 Å². The minimum Gasteiger partial charge on any atom is -0.452 e. The summed E-state index contributed by atoms with van der Waals surface area (Å²) >= 11 is 5.70. The average molecular weight is 388 g/mol. The Bertz CT molecular complexity index is 996. The highest BCUT2D eigenvalue weighted by molar-refractivity contribution is 6.29. The van der Waals surface area contributed by atoms with Crippen molar-refractivity contribution >= 4 is 35.1 Å². The van der Waals surface area contributed by atoms with E-state index in [1.54, 1.807) is 13.0 Å². The van der Waals surface area contributed by atoms with Gasteiger partial charge in [-0.05, 0) is 37.6 Å². The Morgan fingerprint density at radius 2 is 2.07 bits per heavy atom. The van der Waals surface area contributed by atoms with Gasteiger partial charge in [-0.25, -0.2) is 0 Å². The van der Waals surface area contributed by atoms with E-state index in [4.69, 9.17) is 21.1 Å². The fraction of sp³-hybridized carbons (Fsp3) is 0.158. The number of carbonyl (C=O) groups is 2. The van der Waals surface area contributed by atoms with Crippen molar-refractivity contribution < 1.29 is 24.0 Å². The van der Waals surface area contributed by atoms with Gasteiger partial charge in [-0.2, -0.15) is 0 Å². The second-order valence-electron chi connectivity index (χ2n) is 5.89. The molecular formula is C19H14ClNO6. The van der Waals surface area contributed by atoms with Crippen LogP contribution in [0.2, 0.25) is 0 Å². The van der Waals surface area contributed by atoms with E-state index in [0.29, 0.717) is 16.7 Å². The van der Waals surface area contributed by atoms with Crippen molar-refractivity contribution in [2.75, 3.05) is 0 Å². The third kappa shape index (κ3) is 3.68. The fourth-order valence-electron chi connectivity index (χ4n) is 2.55. The van der Waals surface area contributed by atoms with E-state index in [-0.39, 0.29) is 28.7 Å². The maximum absolute atomic E-state index is 12.6. The van der Waals surface area contributed by atoms with Crippen LogP contribution in [-0.2, 0) is 4.79 Å². The van der Waals surface area contributed by atoms with Gasteiger partial charge >= 0.3 is 5.97 Å². The van der Waals surface area contributed by atoms with Crippen molar-refractivity contribution in [2.45, 2.75) is 19.2 Å². The van der Waals surface area contributed by atoms with Gasteiger partial charge < -0.3 is 9.47 Å². The standard InChI is InChI=1S/C19H14ClNO6/c1-10-15(27-19(23)11(2)20)7-6-14-17(22)16(26-18(10)14)9-12-4-3-5-13(8-12)21(24)25/h3-9,11H,1-2H3/b16-9-. The van der Waals surface area contributed by atoms with Crippen LogP contribution in [0.5, 0.6) is 11.5 Å². The summed E-state index contributed by atoms with van der Waals surface area (Å²) in [7, 11) is 0. The molecule has 1 unspecified atom stereocenters. The first-order valence-electron chi connectivity index (χ1n) is 7.96. The molecule has 0 radical (unpaired) electrons. The van der Waals surface area contributed by atoms with E-state index in [9.17, 15) is 19.7 Å². The third-order valence-electron chi connectivity index (χ3n) is 3.95. The molecule has 0 spiro atoms. The highest BCUT2D eigenvalue weighted by atomic mass is 35.5. The Morgan fingerprint density at radius 3 is 2.74 bits per heavy atom. The summed E-state index contributed by atoms with van der Waals surface area (Å²) in [5.74, 6) is -0.415. The number of hydrogen-bond donors (Lipinski definition) is 0. The number of ketones is 1. The van der Waals surface area contributed by atoms with Crippen LogP contribution in [0, 0.1) is 17.0 Å². The third-order valence-corrected chi connectivity index (χ3v) is 4.13. The largest absolute Gasteiger partial charge is 0.452 e. The zero-order valence-electron chi connectivity index (χ0n) is 14.4. The maximum atomic E-state index is 12.6. The molecule has 0 N–H and O–H groups in total. The van der Waals surface area contributed by atoms with Crippen molar-refractivity contribution in [2.24, 2.45) is 0 Å². The summed E-state index contributed by atoms with van der Waals surface area (Å²) in [6.45, 7) is 3.15. The Labute approximate surface area is 159 Å². The quantitative estimate of drug-likeness (QED) is 0.196. The topological polar surface area (TPSA) is 95.7 Å². The van der Waals surface area contributed by atoms with Gasteiger partial charge in [0.05, 0.1) is 10.5 Å². The molecule has 0 amide bonds. The van der Waals surface area contributed by atoms with Gasteiger partial charge in [-0.1, -0.05) is 12.1 Å². The molecule has 7 nitrogen and oxygen atoms in total. The van der Waals surface area contributed by atoms with E-state index in [1.165, 1.54) is 43.3 Å². The number of ether oxygens (including phenoxy) is 2. The van der Waals surface area contributed by atoms with Gasteiger partial charge in [0, 0.05) is 17.7 Å². The van der Waals surface area contributed by atoms with Crippen molar-refractivity contribution in [1.82, 2.24) is 0 Å². The molecular weight excluding hydrogens is 374 g/mol. The van der Waals surface area contributed by atoms with Crippen molar-refractivity contribution in [3.63, 3.8) is 0 Å². The maximum Gasteiger partial charge on any atom is 0.329 e. The average Bonchev–Trinajstić information content (AvgIpc) is 2.94. The first-order chi connectivity index (χ1) is 12.8. The van der Waals surface area contributed by atoms with E-state index in [1.807, 2.05) is 0 Å². The number of benzene rings is 2.